The van der Waals surface area contributed by atoms with Gasteiger partial charge in [-0.3, -0.25) is 9.13 Å². The molecule has 0 atom stereocenters. The highest BCUT2D eigenvalue weighted by Crippen LogP contribution is 2.49. The minimum Gasteiger partial charge on any atom is -0.307 e. The van der Waals surface area contributed by atoms with Crippen molar-refractivity contribution >= 4 is 98.0 Å². The summed E-state index contributed by atoms with van der Waals surface area (Å²) in [6, 6.07) is 134. The number of nitrogens with zero attached hydrogens (tertiary/aromatic N) is 10. The molecule has 0 spiro atoms. The SMILES string of the molecule is c1ccc(-c2ccc3c(c2)c2ccc4c5cc(-c6ccc(-c7cc8c9ccccc9n(-c9ccccc9)c8c8c7c7ccccc7n8-c7nc(-c8ccccc8)nc(-c8cccc(-c9cccc%10ccccc9%10)c8)n7)cc6)ccc5n(-c5ccccc5)c4c2n3-c2nc(-c3ccccc3)nc(-c3ccccc3)n2)cc1. The molecule has 0 amide bonds. The molecule has 512 valence electrons. The van der Waals surface area contributed by atoms with Crippen LogP contribution in [0.5, 0.6) is 0 Å². The average Bonchev–Trinajstić information content (AvgIpc) is 1.55. The highest BCUT2D eigenvalue weighted by molar-refractivity contribution is 6.29. The summed E-state index contributed by atoms with van der Waals surface area (Å²) in [4.78, 5) is 32.7. The van der Waals surface area contributed by atoms with Gasteiger partial charge >= 0.3 is 0 Å². The van der Waals surface area contributed by atoms with Gasteiger partial charge in [-0.1, -0.05) is 303 Å². The van der Waals surface area contributed by atoms with Gasteiger partial charge in [-0.05, 0) is 128 Å². The zero-order valence-corrected chi connectivity index (χ0v) is 59.3. The molecule has 6 aromatic heterocycles. The normalized spacial score (nSPS) is 11.8. The standard InChI is InChI=1S/C100H62N10/c1-7-27-63(28-8-1)70-54-58-89-84(60-70)80-56-55-79-83-61-71(53-57-88(83)108(75-41-17-6-18-42-75)91(79)92(80)109(89)99-103-95(67-30-9-2-10-31-67)101-96(104-99)68-32-11-3-12-33-68)64-49-51-66(52-50-64)82-62-85-78-44-21-23-47-86(78)107(74-39-15-5-16-40-74)93(85)94-90(82)81-45-22-24-48-87(81)110(94)100-105-97(69-34-13-4-14-35-69)102-98(106-100)73-38-25-37-72(59-73)77-46-26-36-65-29-19-20-43-76(65)77/h1-62H. The van der Waals surface area contributed by atoms with E-state index in [1.54, 1.807) is 0 Å². The van der Waals surface area contributed by atoms with Crippen molar-refractivity contribution in [1.29, 1.82) is 0 Å². The molecule has 16 aromatic carbocycles. The molecule has 0 fully saturated rings. The van der Waals surface area contributed by atoms with E-state index in [2.05, 4.69) is 340 Å². The number of rotatable bonds is 12. The van der Waals surface area contributed by atoms with E-state index in [-0.39, 0.29) is 0 Å². The van der Waals surface area contributed by atoms with Crippen LogP contribution in [0, 0.1) is 0 Å². The zero-order valence-electron chi connectivity index (χ0n) is 59.3. The summed E-state index contributed by atoms with van der Waals surface area (Å²) >= 11 is 0. The lowest BCUT2D eigenvalue weighted by Gasteiger charge is -2.15. The molecular formula is C100H62N10. The second-order valence-electron chi connectivity index (χ2n) is 28.1. The van der Waals surface area contributed by atoms with Crippen molar-refractivity contribution in [3.05, 3.63) is 376 Å². The Kier molecular flexibility index (Phi) is 14.4. The molecule has 0 saturated heterocycles. The van der Waals surface area contributed by atoms with E-state index < -0.39 is 0 Å². The van der Waals surface area contributed by atoms with Crippen LogP contribution in [0.1, 0.15) is 0 Å². The number of hydrogen-bond acceptors (Lipinski definition) is 6. The smallest absolute Gasteiger partial charge is 0.238 e. The van der Waals surface area contributed by atoms with E-state index >= 15 is 0 Å². The van der Waals surface area contributed by atoms with E-state index in [9.17, 15) is 0 Å². The summed E-state index contributed by atoms with van der Waals surface area (Å²) in [7, 11) is 0. The van der Waals surface area contributed by atoms with Gasteiger partial charge in [-0.2, -0.15) is 19.9 Å². The Labute approximate surface area is 631 Å². The Morgan fingerprint density at radius 1 is 0.173 bits per heavy atom. The van der Waals surface area contributed by atoms with Gasteiger partial charge in [0.25, 0.3) is 0 Å². The highest BCUT2D eigenvalue weighted by Gasteiger charge is 2.29. The van der Waals surface area contributed by atoms with Crippen molar-refractivity contribution in [2.75, 3.05) is 0 Å². The van der Waals surface area contributed by atoms with Crippen molar-refractivity contribution in [2.45, 2.75) is 0 Å². The topological polar surface area (TPSA) is 97.1 Å². The fraction of sp³-hybridized carbons (Fsp3) is 0. The van der Waals surface area contributed by atoms with Gasteiger partial charge in [-0.15, -0.1) is 0 Å². The molecule has 0 aliphatic rings. The van der Waals surface area contributed by atoms with Crippen LogP contribution in [0.3, 0.4) is 0 Å². The molecule has 6 heterocycles. The maximum Gasteiger partial charge on any atom is 0.238 e. The fourth-order valence-corrected chi connectivity index (χ4v) is 16.9. The van der Waals surface area contributed by atoms with Gasteiger partial charge in [0.1, 0.15) is 0 Å². The zero-order chi connectivity index (χ0) is 72.3. The molecular weight excluding hydrogens is 1340 g/mol. The summed E-state index contributed by atoms with van der Waals surface area (Å²) in [6.45, 7) is 0. The summed E-state index contributed by atoms with van der Waals surface area (Å²) in [6.07, 6.45) is 0. The van der Waals surface area contributed by atoms with Crippen molar-refractivity contribution in [3.63, 3.8) is 0 Å². The van der Waals surface area contributed by atoms with Crippen LogP contribution in [0.25, 0.3) is 211 Å². The van der Waals surface area contributed by atoms with Crippen LogP contribution >= 0.6 is 0 Å². The quantitative estimate of drug-likeness (QED) is 0.121. The summed E-state index contributed by atoms with van der Waals surface area (Å²) in [5.74, 6) is 3.36. The van der Waals surface area contributed by atoms with Crippen LogP contribution in [0.15, 0.2) is 376 Å². The maximum atomic E-state index is 5.64. The van der Waals surface area contributed by atoms with E-state index in [0.717, 1.165) is 165 Å². The van der Waals surface area contributed by atoms with Gasteiger partial charge in [0.2, 0.25) is 11.9 Å². The second-order valence-corrected chi connectivity index (χ2v) is 28.1. The first-order valence-corrected chi connectivity index (χ1v) is 37.2. The lowest BCUT2D eigenvalue weighted by Crippen LogP contribution is -2.07. The summed E-state index contributed by atoms with van der Waals surface area (Å²) < 4.78 is 9.45. The first kappa shape index (κ1) is 62.4. The second kappa shape index (κ2) is 25.4. The largest absolute Gasteiger partial charge is 0.307 e. The molecule has 0 N–H and O–H groups in total. The van der Waals surface area contributed by atoms with Crippen LogP contribution in [0.4, 0.5) is 0 Å². The molecule has 0 radical (unpaired) electrons. The summed E-state index contributed by atoms with van der Waals surface area (Å²) in [5.41, 5.74) is 22.7. The predicted molar refractivity (Wildman–Crippen MR) is 452 cm³/mol. The molecule has 110 heavy (non-hydrogen) atoms. The minimum absolute atomic E-state index is 0.512. The lowest BCUT2D eigenvalue weighted by molar-refractivity contribution is 0.953. The Balaban J connectivity index is 0.756. The first-order valence-electron chi connectivity index (χ1n) is 37.2. The predicted octanol–water partition coefficient (Wildman–Crippen LogP) is 24.9. The Morgan fingerprint density at radius 2 is 0.545 bits per heavy atom. The van der Waals surface area contributed by atoms with Crippen molar-refractivity contribution in [1.82, 2.24) is 48.2 Å². The van der Waals surface area contributed by atoms with Gasteiger partial charge in [0.05, 0.1) is 44.1 Å². The molecule has 10 heteroatoms. The number of hydrogen-bond donors (Lipinski definition) is 0. The average molecular weight is 1400 g/mol. The van der Waals surface area contributed by atoms with Gasteiger partial charge in [0.15, 0.2) is 23.3 Å². The molecule has 22 aromatic rings. The third kappa shape index (κ3) is 10.1. The lowest BCUT2D eigenvalue weighted by atomic mass is 9.94. The van der Waals surface area contributed by atoms with Crippen LogP contribution in [0.2, 0.25) is 0 Å². The van der Waals surface area contributed by atoms with Crippen molar-refractivity contribution in [2.24, 2.45) is 0 Å². The van der Waals surface area contributed by atoms with E-state index in [4.69, 9.17) is 29.9 Å². The molecule has 0 saturated carbocycles. The van der Waals surface area contributed by atoms with E-state index in [1.165, 1.54) is 10.8 Å². The summed E-state index contributed by atoms with van der Waals surface area (Å²) in [5, 5.41) is 11.1. The monoisotopic (exact) mass is 1400 g/mol. The molecule has 10 nitrogen and oxygen atoms in total. The first-order chi connectivity index (χ1) is 54.6. The maximum absolute atomic E-state index is 5.64. The van der Waals surface area contributed by atoms with Crippen LogP contribution < -0.4 is 0 Å². The van der Waals surface area contributed by atoms with Crippen molar-refractivity contribution in [3.8, 4) is 113 Å². The van der Waals surface area contributed by atoms with Crippen molar-refractivity contribution < 1.29 is 0 Å². The van der Waals surface area contributed by atoms with Gasteiger partial charge < -0.3 is 9.13 Å². The molecule has 0 unspecified atom stereocenters. The molecule has 22 rings (SSSR count). The fourth-order valence-electron chi connectivity index (χ4n) is 16.9. The van der Waals surface area contributed by atoms with Gasteiger partial charge in [-0.25, -0.2) is 9.97 Å². The minimum atomic E-state index is 0.512. The molecule has 0 aliphatic heterocycles. The number of fused-ring (bicyclic) bond motifs is 15. The van der Waals surface area contributed by atoms with Crippen LogP contribution in [-0.4, -0.2) is 48.2 Å². The number of aromatic nitrogens is 10. The van der Waals surface area contributed by atoms with Gasteiger partial charge in [0, 0.05) is 76.7 Å². The Morgan fingerprint density at radius 3 is 1.11 bits per heavy atom. The number of para-hydroxylation sites is 4. The Hall–Kier alpha value is -15.0. The van der Waals surface area contributed by atoms with Crippen LogP contribution in [-0.2, 0) is 0 Å². The number of benzene rings is 16. The molecule has 0 bridgehead atoms. The third-order valence-electron chi connectivity index (χ3n) is 21.9. The van der Waals surface area contributed by atoms with E-state index in [0.29, 0.717) is 35.2 Å². The Bertz CT molecular complexity index is 7350. The third-order valence-corrected chi connectivity index (χ3v) is 21.9. The van der Waals surface area contributed by atoms with E-state index in [1.807, 2.05) is 54.6 Å². The molecule has 0 aliphatic carbocycles. The highest BCUT2D eigenvalue weighted by atomic mass is 15.2.